The van der Waals surface area contributed by atoms with Crippen LogP contribution in [0.1, 0.15) is 10.4 Å². The van der Waals surface area contributed by atoms with Gasteiger partial charge in [0, 0.05) is 27.0 Å². The third-order valence-electron chi connectivity index (χ3n) is 5.44. The molecule has 1 heterocycles. The van der Waals surface area contributed by atoms with E-state index in [1.165, 1.54) is 0 Å². The molecule has 0 radical (unpaired) electrons. The van der Waals surface area contributed by atoms with Crippen molar-refractivity contribution in [1.29, 1.82) is 0 Å². The molecule has 0 aliphatic carbocycles. The Hall–Kier alpha value is -4.00. The van der Waals surface area contributed by atoms with Crippen molar-refractivity contribution >= 4 is 62.3 Å². The van der Waals surface area contributed by atoms with E-state index >= 15 is 0 Å². The van der Waals surface area contributed by atoms with Gasteiger partial charge in [-0.2, -0.15) is 0 Å². The quantitative estimate of drug-likeness (QED) is 0.229. The number of halogens is 1. The number of anilines is 1. The molecule has 0 aliphatic rings. The summed E-state index contributed by atoms with van der Waals surface area (Å²) >= 11 is 11.6. The molecular weight excluding hydrogens is 468 g/mol. The minimum absolute atomic E-state index is 0.155. The highest BCUT2D eigenvalue weighted by Gasteiger charge is 2.13. The summed E-state index contributed by atoms with van der Waals surface area (Å²) < 4.78 is 5.42. The number of carbonyl (C=O) groups excluding carboxylic acids is 1. The lowest BCUT2D eigenvalue weighted by Gasteiger charge is -2.12. The van der Waals surface area contributed by atoms with Crippen LogP contribution in [0.4, 0.5) is 5.69 Å². The van der Waals surface area contributed by atoms with Crippen molar-refractivity contribution in [2.24, 2.45) is 0 Å². The number of hydrogen-bond acceptors (Lipinski definition) is 4. The lowest BCUT2D eigenvalue weighted by atomic mass is 10.0. The van der Waals surface area contributed by atoms with Gasteiger partial charge in [0.15, 0.2) is 5.11 Å². The second kappa shape index (κ2) is 9.09. The van der Waals surface area contributed by atoms with Gasteiger partial charge < -0.3 is 9.73 Å². The summed E-state index contributed by atoms with van der Waals surface area (Å²) in [5.41, 5.74) is 2.47. The standard InChI is InChI=1S/C27H17ClN2O3S/c28-23-9-4-6-19-20(23)7-3-8-21(19)25(31)30-27(34)29-18-13-11-16(12-14-18)22-15-17-5-1-2-10-24(17)33-26(22)32/h1-15H,(H2,29,30,31,34). The van der Waals surface area contributed by atoms with Crippen molar-refractivity contribution in [3.8, 4) is 11.1 Å². The van der Waals surface area contributed by atoms with Crippen LogP contribution >= 0.6 is 23.8 Å². The number of thiocarbonyl (C=S) groups is 1. The van der Waals surface area contributed by atoms with Crippen LogP contribution in [0.3, 0.4) is 0 Å². The fourth-order valence-corrected chi connectivity index (χ4v) is 4.25. The summed E-state index contributed by atoms with van der Waals surface area (Å²) in [7, 11) is 0. The average Bonchev–Trinajstić information content (AvgIpc) is 2.84. The Balaban J connectivity index is 1.32. The lowest BCUT2D eigenvalue weighted by Crippen LogP contribution is -2.34. The van der Waals surface area contributed by atoms with E-state index in [2.05, 4.69) is 10.6 Å². The molecule has 0 saturated carbocycles. The van der Waals surface area contributed by atoms with Crippen LogP contribution in [0.25, 0.3) is 32.9 Å². The van der Waals surface area contributed by atoms with Gasteiger partial charge in [0.25, 0.3) is 5.91 Å². The van der Waals surface area contributed by atoms with Crippen molar-refractivity contribution in [3.63, 3.8) is 0 Å². The second-order valence-electron chi connectivity index (χ2n) is 7.61. The molecule has 0 fully saturated rings. The van der Waals surface area contributed by atoms with Crippen LogP contribution in [0, 0.1) is 0 Å². The highest BCUT2D eigenvalue weighted by molar-refractivity contribution is 7.80. The Kier molecular flexibility index (Phi) is 5.84. The minimum Gasteiger partial charge on any atom is -0.422 e. The van der Waals surface area contributed by atoms with Gasteiger partial charge in [0.1, 0.15) is 5.58 Å². The first-order valence-electron chi connectivity index (χ1n) is 10.4. The molecule has 0 spiro atoms. The van der Waals surface area contributed by atoms with Gasteiger partial charge in [-0.3, -0.25) is 10.1 Å². The maximum Gasteiger partial charge on any atom is 0.344 e. The molecule has 166 valence electrons. The molecule has 0 saturated heterocycles. The predicted molar refractivity (Wildman–Crippen MR) is 141 cm³/mol. The lowest BCUT2D eigenvalue weighted by molar-refractivity contribution is 0.0979. The van der Waals surface area contributed by atoms with Crippen molar-refractivity contribution in [2.75, 3.05) is 5.32 Å². The third-order valence-corrected chi connectivity index (χ3v) is 5.97. The fraction of sp³-hybridized carbons (Fsp3) is 0. The smallest absolute Gasteiger partial charge is 0.344 e. The number of benzene rings is 4. The molecule has 5 rings (SSSR count). The van der Waals surface area contributed by atoms with Gasteiger partial charge in [-0.25, -0.2) is 4.79 Å². The number of rotatable bonds is 3. The van der Waals surface area contributed by atoms with Crippen LogP contribution in [-0.4, -0.2) is 11.0 Å². The van der Waals surface area contributed by atoms with Crippen LogP contribution in [-0.2, 0) is 0 Å². The molecule has 0 atom stereocenters. The molecule has 5 nitrogen and oxygen atoms in total. The third kappa shape index (κ3) is 4.29. The second-order valence-corrected chi connectivity index (χ2v) is 8.43. The van der Waals surface area contributed by atoms with Gasteiger partial charge in [0.2, 0.25) is 0 Å². The van der Waals surface area contributed by atoms with Gasteiger partial charge in [0.05, 0.1) is 5.56 Å². The topological polar surface area (TPSA) is 71.3 Å². The van der Waals surface area contributed by atoms with Crippen LogP contribution in [0.15, 0.2) is 100 Å². The Labute approximate surface area is 205 Å². The van der Waals surface area contributed by atoms with Gasteiger partial charge in [-0.05, 0) is 59.6 Å². The maximum absolute atomic E-state index is 12.8. The van der Waals surface area contributed by atoms with E-state index in [0.717, 1.165) is 16.2 Å². The average molecular weight is 485 g/mol. The summed E-state index contributed by atoms with van der Waals surface area (Å²) in [5.74, 6) is -0.337. The number of para-hydroxylation sites is 1. The summed E-state index contributed by atoms with van der Waals surface area (Å²) in [6.07, 6.45) is 0. The molecule has 7 heteroatoms. The number of fused-ring (bicyclic) bond motifs is 2. The SMILES string of the molecule is O=C(NC(=S)Nc1ccc(-c2cc3ccccc3oc2=O)cc1)c1cccc2c(Cl)cccc12. The highest BCUT2D eigenvalue weighted by atomic mass is 35.5. The highest BCUT2D eigenvalue weighted by Crippen LogP contribution is 2.26. The Morgan fingerprint density at radius 1 is 0.853 bits per heavy atom. The number of carbonyl (C=O) groups is 1. The number of amides is 1. The normalized spacial score (nSPS) is 10.9. The van der Waals surface area contributed by atoms with Crippen LogP contribution < -0.4 is 16.3 Å². The van der Waals surface area contributed by atoms with Gasteiger partial charge in [-0.15, -0.1) is 0 Å². The Morgan fingerprint density at radius 3 is 2.41 bits per heavy atom. The molecule has 1 aromatic heterocycles. The predicted octanol–water partition coefficient (Wildman–Crippen LogP) is 6.39. The largest absolute Gasteiger partial charge is 0.422 e. The first-order valence-corrected chi connectivity index (χ1v) is 11.2. The Morgan fingerprint density at radius 2 is 1.59 bits per heavy atom. The van der Waals surface area contributed by atoms with Crippen molar-refractivity contribution in [1.82, 2.24) is 5.32 Å². The molecule has 5 aromatic rings. The fourth-order valence-electron chi connectivity index (χ4n) is 3.80. The van der Waals surface area contributed by atoms with E-state index in [4.69, 9.17) is 28.2 Å². The van der Waals surface area contributed by atoms with E-state index in [0.29, 0.717) is 33.0 Å². The van der Waals surface area contributed by atoms with Crippen molar-refractivity contribution < 1.29 is 9.21 Å². The zero-order valence-electron chi connectivity index (χ0n) is 17.7. The first-order chi connectivity index (χ1) is 16.5. The summed E-state index contributed by atoms with van der Waals surface area (Å²) in [6.45, 7) is 0. The van der Waals surface area contributed by atoms with E-state index in [9.17, 15) is 9.59 Å². The molecule has 0 unspecified atom stereocenters. The van der Waals surface area contributed by atoms with E-state index < -0.39 is 5.63 Å². The molecule has 2 N–H and O–H groups in total. The van der Waals surface area contributed by atoms with Gasteiger partial charge >= 0.3 is 5.63 Å². The van der Waals surface area contributed by atoms with Crippen LogP contribution in [0.5, 0.6) is 0 Å². The van der Waals surface area contributed by atoms with Crippen molar-refractivity contribution in [2.45, 2.75) is 0 Å². The maximum atomic E-state index is 12.8. The summed E-state index contributed by atoms with van der Waals surface area (Å²) in [4.78, 5) is 25.2. The minimum atomic E-state index is -0.405. The zero-order valence-corrected chi connectivity index (χ0v) is 19.2. The summed E-state index contributed by atoms with van der Waals surface area (Å²) in [6, 6.07) is 27.1. The molecule has 1 amide bonds. The Bertz CT molecular complexity index is 1630. The number of nitrogens with one attached hydrogen (secondary N) is 2. The molecular formula is C27H17ClN2O3S. The number of hydrogen-bond donors (Lipinski definition) is 2. The molecule has 4 aromatic carbocycles. The van der Waals surface area contributed by atoms with Crippen molar-refractivity contribution in [3.05, 3.63) is 112 Å². The van der Waals surface area contributed by atoms with E-state index in [1.54, 1.807) is 54.6 Å². The van der Waals surface area contributed by atoms with Gasteiger partial charge in [-0.1, -0.05) is 66.2 Å². The molecule has 0 bridgehead atoms. The van der Waals surface area contributed by atoms with E-state index in [-0.39, 0.29) is 11.0 Å². The molecule has 34 heavy (non-hydrogen) atoms. The first kappa shape index (κ1) is 21.8. The van der Waals surface area contributed by atoms with E-state index in [1.807, 2.05) is 36.4 Å². The summed E-state index contributed by atoms with van der Waals surface area (Å²) in [5, 5.41) is 8.82. The zero-order chi connectivity index (χ0) is 23.7. The molecule has 0 aliphatic heterocycles. The monoisotopic (exact) mass is 484 g/mol. The van der Waals surface area contributed by atoms with Crippen LogP contribution in [0.2, 0.25) is 5.02 Å².